The van der Waals surface area contributed by atoms with Gasteiger partial charge in [0.25, 0.3) is 0 Å². The van der Waals surface area contributed by atoms with Crippen molar-refractivity contribution in [3.63, 3.8) is 0 Å². The van der Waals surface area contributed by atoms with Crippen molar-refractivity contribution in [3.05, 3.63) is 35.4 Å². The van der Waals surface area contributed by atoms with Crippen molar-refractivity contribution in [1.29, 1.82) is 0 Å². The molecule has 0 aliphatic carbocycles. The Bertz CT molecular complexity index is 423. The standard InChI is InChI=1S/C12H14F2O4/c1-2-18-11(16)6-10(15)12(17)8-4-3-7(13)5-9(8)14/h3-5,10,12,15,17H,2,6H2,1H3. The minimum atomic E-state index is -1.62. The van der Waals surface area contributed by atoms with Gasteiger partial charge in [-0.05, 0) is 13.0 Å². The molecule has 1 aromatic carbocycles. The van der Waals surface area contributed by atoms with Crippen molar-refractivity contribution in [2.24, 2.45) is 0 Å². The molecule has 2 atom stereocenters. The van der Waals surface area contributed by atoms with Crippen LogP contribution in [0.4, 0.5) is 8.78 Å². The number of carbonyl (C=O) groups excluding carboxylic acids is 1. The van der Waals surface area contributed by atoms with Crippen LogP contribution >= 0.6 is 0 Å². The number of hydrogen-bond acceptors (Lipinski definition) is 4. The molecule has 0 aliphatic rings. The van der Waals surface area contributed by atoms with Crippen molar-refractivity contribution < 1.29 is 28.5 Å². The quantitative estimate of drug-likeness (QED) is 0.783. The molecule has 0 heterocycles. The average Bonchev–Trinajstić information content (AvgIpc) is 2.28. The van der Waals surface area contributed by atoms with E-state index in [1.807, 2.05) is 0 Å². The van der Waals surface area contributed by atoms with Crippen molar-refractivity contribution in [2.45, 2.75) is 25.6 Å². The van der Waals surface area contributed by atoms with E-state index in [2.05, 4.69) is 4.74 Å². The Morgan fingerprint density at radius 2 is 2.06 bits per heavy atom. The van der Waals surface area contributed by atoms with Gasteiger partial charge in [-0.25, -0.2) is 8.78 Å². The molecule has 0 saturated heterocycles. The first-order valence-electron chi connectivity index (χ1n) is 5.42. The number of hydrogen-bond donors (Lipinski definition) is 2. The van der Waals surface area contributed by atoms with Crippen molar-refractivity contribution >= 4 is 5.97 Å². The summed E-state index contributed by atoms with van der Waals surface area (Å²) in [4.78, 5) is 11.1. The molecular formula is C12H14F2O4. The highest BCUT2D eigenvalue weighted by atomic mass is 19.1. The molecule has 1 rings (SSSR count). The third kappa shape index (κ3) is 3.75. The van der Waals surface area contributed by atoms with E-state index in [0.717, 1.165) is 12.1 Å². The fourth-order valence-corrected chi connectivity index (χ4v) is 1.45. The van der Waals surface area contributed by atoms with Crippen LogP contribution in [0.3, 0.4) is 0 Å². The Labute approximate surface area is 103 Å². The lowest BCUT2D eigenvalue weighted by atomic mass is 10.0. The topological polar surface area (TPSA) is 66.8 Å². The van der Waals surface area contributed by atoms with E-state index in [1.165, 1.54) is 0 Å². The van der Waals surface area contributed by atoms with Gasteiger partial charge in [-0.3, -0.25) is 4.79 Å². The van der Waals surface area contributed by atoms with Crippen LogP contribution in [0.25, 0.3) is 0 Å². The number of benzene rings is 1. The second kappa shape index (κ2) is 6.42. The number of ether oxygens (including phenoxy) is 1. The highest BCUT2D eigenvalue weighted by molar-refractivity contribution is 5.70. The van der Waals surface area contributed by atoms with Gasteiger partial charge in [0.05, 0.1) is 19.1 Å². The summed E-state index contributed by atoms with van der Waals surface area (Å²) in [5.41, 5.74) is -0.270. The van der Waals surface area contributed by atoms with Gasteiger partial charge in [0.2, 0.25) is 0 Å². The summed E-state index contributed by atoms with van der Waals surface area (Å²) in [7, 11) is 0. The van der Waals surface area contributed by atoms with Gasteiger partial charge in [0, 0.05) is 11.6 Å². The predicted octanol–water partition coefficient (Wildman–Crippen LogP) is 1.31. The molecular weight excluding hydrogens is 246 g/mol. The molecule has 18 heavy (non-hydrogen) atoms. The number of aliphatic hydroxyl groups is 2. The summed E-state index contributed by atoms with van der Waals surface area (Å²) in [5.74, 6) is -2.47. The summed E-state index contributed by atoms with van der Waals surface area (Å²) < 4.78 is 30.6. The molecule has 0 radical (unpaired) electrons. The van der Waals surface area contributed by atoms with Crippen molar-refractivity contribution in [1.82, 2.24) is 0 Å². The molecule has 2 unspecified atom stereocenters. The zero-order chi connectivity index (χ0) is 13.7. The molecule has 4 nitrogen and oxygen atoms in total. The van der Waals surface area contributed by atoms with Crippen molar-refractivity contribution in [3.8, 4) is 0 Å². The van der Waals surface area contributed by atoms with E-state index >= 15 is 0 Å². The van der Waals surface area contributed by atoms with E-state index in [-0.39, 0.29) is 12.2 Å². The molecule has 0 fully saturated rings. The molecule has 0 saturated carbocycles. The zero-order valence-corrected chi connectivity index (χ0v) is 9.77. The van der Waals surface area contributed by atoms with Crippen molar-refractivity contribution in [2.75, 3.05) is 6.61 Å². The van der Waals surface area contributed by atoms with Gasteiger partial charge in [0.15, 0.2) is 0 Å². The van der Waals surface area contributed by atoms with Crippen LogP contribution in [0.5, 0.6) is 0 Å². The van der Waals surface area contributed by atoms with Crippen LogP contribution in [0.2, 0.25) is 0 Å². The summed E-state index contributed by atoms with van der Waals surface area (Å²) in [6, 6.07) is 2.57. The van der Waals surface area contributed by atoms with Crippen LogP contribution < -0.4 is 0 Å². The first-order valence-corrected chi connectivity index (χ1v) is 5.42. The maximum absolute atomic E-state index is 13.3. The summed E-state index contributed by atoms with van der Waals surface area (Å²) in [5, 5.41) is 19.2. The summed E-state index contributed by atoms with van der Waals surface area (Å²) in [6.45, 7) is 1.74. The van der Waals surface area contributed by atoms with Gasteiger partial charge in [-0.2, -0.15) is 0 Å². The van der Waals surface area contributed by atoms with Crippen LogP contribution in [0, 0.1) is 11.6 Å². The minimum absolute atomic E-state index is 0.145. The Morgan fingerprint density at radius 1 is 1.39 bits per heavy atom. The number of esters is 1. The van der Waals surface area contributed by atoms with Gasteiger partial charge in [-0.1, -0.05) is 6.07 Å². The second-order valence-electron chi connectivity index (χ2n) is 3.69. The fourth-order valence-electron chi connectivity index (χ4n) is 1.45. The number of rotatable bonds is 5. The van der Waals surface area contributed by atoms with E-state index in [4.69, 9.17) is 0 Å². The molecule has 0 amide bonds. The van der Waals surface area contributed by atoms with Crippen LogP contribution in [0.15, 0.2) is 18.2 Å². The van der Waals surface area contributed by atoms with Crippen LogP contribution in [-0.2, 0) is 9.53 Å². The lowest BCUT2D eigenvalue weighted by molar-refractivity contribution is -0.147. The first-order chi connectivity index (χ1) is 8.45. The number of carbonyl (C=O) groups is 1. The normalized spacial score (nSPS) is 14.1. The third-order valence-electron chi connectivity index (χ3n) is 2.33. The highest BCUT2D eigenvalue weighted by Gasteiger charge is 2.24. The van der Waals surface area contributed by atoms with E-state index < -0.39 is 36.2 Å². The molecule has 0 aliphatic heterocycles. The molecule has 2 N–H and O–H groups in total. The SMILES string of the molecule is CCOC(=O)CC(O)C(O)c1ccc(F)cc1F. The third-order valence-corrected chi connectivity index (χ3v) is 2.33. The fraction of sp³-hybridized carbons (Fsp3) is 0.417. The maximum Gasteiger partial charge on any atom is 0.308 e. The highest BCUT2D eigenvalue weighted by Crippen LogP contribution is 2.22. The molecule has 0 aromatic heterocycles. The van der Waals surface area contributed by atoms with Crippen LogP contribution in [-0.4, -0.2) is 28.9 Å². The summed E-state index contributed by atoms with van der Waals surface area (Å²) in [6.07, 6.45) is -3.59. The maximum atomic E-state index is 13.3. The predicted molar refractivity (Wildman–Crippen MR) is 58.6 cm³/mol. The molecule has 0 spiro atoms. The second-order valence-corrected chi connectivity index (χ2v) is 3.69. The smallest absolute Gasteiger partial charge is 0.308 e. The number of aliphatic hydroxyl groups excluding tert-OH is 2. The van der Waals surface area contributed by atoms with E-state index in [1.54, 1.807) is 6.92 Å². The van der Waals surface area contributed by atoms with Gasteiger partial charge >= 0.3 is 5.97 Å². The zero-order valence-electron chi connectivity index (χ0n) is 9.77. The Hall–Kier alpha value is -1.53. The Morgan fingerprint density at radius 3 is 2.61 bits per heavy atom. The Balaban J connectivity index is 2.73. The lowest BCUT2D eigenvalue weighted by Gasteiger charge is -2.17. The van der Waals surface area contributed by atoms with E-state index in [9.17, 15) is 23.8 Å². The first kappa shape index (κ1) is 14.5. The van der Waals surface area contributed by atoms with Gasteiger partial charge in [-0.15, -0.1) is 0 Å². The lowest BCUT2D eigenvalue weighted by Crippen LogP contribution is -2.23. The average molecular weight is 260 g/mol. The monoisotopic (exact) mass is 260 g/mol. The van der Waals surface area contributed by atoms with E-state index in [0.29, 0.717) is 6.07 Å². The van der Waals surface area contributed by atoms with Gasteiger partial charge < -0.3 is 14.9 Å². The molecule has 0 bridgehead atoms. The molecule has 6 heteroatoms. The Kier molecular flexibility index (Phi) is 5.18. The van der Waals surface area contributed by atoms with Crippen LogP contribution in [0.1, 0.15) is 25.0 Å². The largest absolute Gasteiger partial charge is 0.466 e. The number of halogens is 2. The minimum Gasteiger partial charge on any atom is -0.466 e. The van der Waals surface area contributed by atoms with Gasteiger partial charge in [0.1, 0.15) is 17.7 Å². The molecule has 1 aromatic rings. The molecule has 100 valence electrons. The summed E-state index contributed by atoms with van der Waals surface area (Å²) >= 11 is 0.